The van der Waals surface area contributed by atoms with Crippen LogP contribution >= 0.6 is 0 Å². The molecule has 3 aliphatic rings. The molecule has 3 atom stereocenters. The predicted octanol–water partition coefficient (Wildman–Crippen LogP) is 5.23. The maximum absolute atomic E-state index is 13.3. The second-order valence-corrected chi connectivity index (χ2v) is 10.2. The Morgan fingerprint density at radius 3 is 2.76 bits per heavy atom. The van der Waals surface area contributed by atoms with Crippen molar-refractivity contribution in [1.82, 2.24) is 9.97 Å². The number of halogens is 3. The van der Waals surface area contributed by atoms with Crippen LogP contribution in [0.5, 0.6) is 5.75 Å². The van der Waals surface area contributed by atoms with Crippen molar-refractivity contribution in [2.75, 3.05) is 47.5 Å². The van der Waals surface area contributed by atoms with E-state index in [0.717, 1.165) is 24.2 Å². The van der Waals surface area contributed by atoms with Crippen molar-refractivity contribution in [2.24, 2.45) is 0 Å². The number of ether oxygens (including phenoxy) is 2. The Hall–Kier alpha value is -4.36. The molecule has 2 aromatic carbocycles. The summed E-state index contributed by atoms with van der Waals surface area (Å²) in [6.45, 7) is 5.20. The van der Waals surface area contributed by atoms with Gasteiger partial charge in [0.2, 0.25) is 5.91 Å². The summed E-state index contributed by atoms with van der Waals surface area (Å²) in [5.41, 5.74) is 1.65. The quantitative estimate of drug-likeness (QED) is 0.346. The lowest BCUT2D eigenvalue weighted by Crippen LogP contribution is -2.37. The number of nitrogens with zero attached hydrogens (tertiary/aromatic N) is 4. The molecule has 13 heteroatoms. The van der Waals surface area contributed by atoms with Crippen LogP contribution in [0, 0.1) is 0 Å². The molecule has 10 nitrogen and oxygen atoms in total. The number of fused-ring (bicyclic) bond motifs is 2. The first kappa shape index (κ1) is 27.8. The topological polar surface area (TPSA) is 101 Å². The van der Waals surface area contributed by atoms with Gasteiger partial charge in [-0.25, -0.2) is 15.0 Å². The Balaban J connectivity index is 1.29. The van der Waals surface area contributed by atoms with Gasteiger partial charge in [0.25, 0.3) is 0 Å². The average Bonchev–Trinajstić information content (AvgIpc) is 3.75. The summed E-state index contributed by atoms with van der Waals surface area (Å²) in [6.07, 6.45) is -0.361. The molecule has 0 aliphatic carbocycles. The first-order valence-corrected chi connectivity index (χ1v) is 13.5. The van der Waals surface area contributed by atoms with Crippen molar-refractivity contribution in [2.45, 2.75) is 37.2 Å². The summed E-state index contributed by atoms with van der Waals surface area (Å²) < 4.78 is 51.5. The number of hydroxylamine groups is 1. The number of hydrogen-bond acceptors (Lipinski definition) is 9. The number of alkyl halides is 3. The van der Waals surface area contributed by atoms with Crippen molar-refractivity contribution < 1.29 is 32.3 Å². The zero-order chi connectivity index (χ0) is 29.4. The van der Waals surface area contributed by atoms with Gasteiger partial charge in [-0.05, 0) is 36.3 Å². The zero-order valence-electron chi connectivity index (χ0n) is 22.7. The van der Waals surface area contributed by atoms with Gasteiger partial charge >= 0.3 is 6.18 Å². The standard InChI is InChI=1S/C29H29F3N6O4/c1-3-28(39)36-21-11-22(25(40-2)12-24(21)37-14-20-10-19(37)15-41-20)35-26-13-27(34-16-33-26)38-23(7-8-42-38)17-5-4-6-18(9-17)29(30,31)32/h3-6,9,11-13,16,19-20,23H,1,7-8,10,14-15H2,2H3,(H,36,39)(H,33,34,35)/t19-,20-,23?/m1/s1. The smallest absolute Gasteiger partial charge is 0.416 e. The van der Waals surface area contributed by atoms with Crippen LogP contribution in [0.2, 0.25) is 0 Å². The lowest BCUT2D eigenvalue weighted by atomic mass is 10.0. The number of rotatable bonds is 8. The first-order valence-electron chi connectivity index (χ1n) is 13.5. The molecule has 1 unspecified atom stereocenters. The normalized spacial score (nSPS) is 21.5. The molecule has 1 aromatic heterocycles. The lowest BCUT2D eigenvalue weighted by molar-refractivity contribution is -0.137. The number of nitrogens with one attached hydrogen (secondary N) is 2. The number of morpholine rings is 1. The highest BCUT2D eigenvalue weighted by atomic mass is 19.4. The molecule has 1 amide bonds. The molecule has 4 heterocycles. The minimum atomic E-state index is -4.45. The number of carbonyl (C=O) groups is 1. The fourth-order valence-corrected chi connectivity index (χ4v) is 5.65. The van der Waals surface area contributed by atoms with Crippen LogP contribution < -0.4 is 25.3 Å². The summed E-state index contributed by atoms with van der Waals surface area (Å²) in [5, 5.41) is 7.62. The molecule has 0 saturated carbocycles. The first-order chi connectivity index (χ1) is 20.2. The molecular weight excluding hydrogens is 553 g/mol. The number of amides is 1. The summed E-state index contributed by atoms with van der Waals surface area (Å²) in [4.78, 5) is 29.0. The Bertz CT molecular complexity index is 1500. The second-order valence-electron chi connectivity index (χ2n) is 10.2. The molecule has 6 rings (SSSR count). The van der Waals surface area contributed by atoms with Crippen LogP contribution in [0.3, 0.4) is 0 Å². The maximum Gasteiger partial charge on any atom is 0.416 e. The monoisotopic (exact) mass is 582 g/mol. The maximum atomic E-state index is 13.3. The molecule has 3 saturated heterocycles. The minimum absolute atomic E-state index is 0.147. The van der Waals surface area contributed by atoms with Gasteiger partial charge < -0.3 is 25.0 Å². The second kappa shape index (κ2) is 11.1. The van der Waals surface area contributed by atoms with Crippen molar-refractivity contribution in [3.63, 3.8) is 0 Å². The van der Waals surface area contributed by atoms with Gasteiger partial charge in [-0.15, -0.1) is 0 Å². The van der Waals surface area contributed by atoms with Gasteiger partial charge in [0.15, 0.2) is 5.82 Å². The van der Waals surface area contributed by atoms with Crippen LogP contribution in [0.15, 0.2) is 61.4 Å². The van der Waals surface area contributed by atoms with E-state index in [1.165, 1.54) is 23.5 Å². The molecule has 2 N–H and O–H groups in total. The number of hydrogen-bond donors (Lipinski definition) is 2. The summed E-state index contributed by atoms with van der Waals surface area (Å²) in [6, 6.07) is 10.2. The zero-order valence-corrected chi connectivity index (χ0v) is 22.7. The van der Waals surface area contributed by atoms with E-state index in [9.17, 15) is 18.0 Å². The van der Waals surface area contributed by atoms with E-state index in [2.05, 4.69) is 32.1 Å². The average molecular weight is 583 g/mol. The van der Waals surface area contributed by atoms with Gasteiger partial charge in [-0.3, -0.25) is 9.63 Å². The molecule has 2 bridgehead atoms. The van der Waals surface area contributed by atoms with Crippen molar-refractivity contribution in [3.8, 4) is 5.75 Å². The van der Waals surface area contributed by atoms with E-state index >= 15 is 0 Å². The van der Waals surface area contributed by atoms with Gasteiger partial charge in [-0.2, -0.15) is 13.2 Å². The van der Waals surface area contributed by atoms with E-state index in [4.69, 9.17) is 14.3 Å². The third kappa shape index (κ3) is 5.44. The van der Waals surface area contributed by atoms with Crippen LogP contribution in [-0.2, 0) is 20.5 Å². The molecule has 0 spiro atoms. The molecule has 42 heavy (non-hydrogen) atoms. The van der Waals surface area contributed by atoms with Crippen LogP contribution in [0.1, 0.15) is 30.0 Å². The molecule has 0 radical (unpaired) electrons. The number of methoxy groups -OCH3 is 1. The Morgan fingerprint density at radius 1 is 1.19 bits per heavy atom. The largest absolute Gasteiger partial charge is 0.494 e. The fourth-order valence-electron chi connectivity index (χ4n) is 5.65. The molecule has 3 fully saturated rings. The van der Waals surface area contributed by atoms with Crippen LogP contribution in [0.4, 0.5) is 41.9 Å². The molecule has 3 aliphatic heterocycles. The van der Waals surface area contributed by atoms with Crippen molar-refractivity contribution in [3.05, 3.63) is 72.6 Å². The van der Waals surface area contributed by atoms with E-state index in [-0.39, 0.29) is 18.1 Å². The third-order valence-corrected chi connectivity index (χ3v) is 7.62. The van der Waals surface area contributed by atoms with Gasteiger partial charge in [0, 0.05) is 25.1 Å². The summed E-state index contributed by atoms with van der Waals surface area (Å²) >= 11 is 0. The van der Waals surface area contributed by atoms with Gasteiger partial charge in [0.05, 0.1) is 61.1 Å². The van der Waals surface area contributed by atoms with E-state index < -0.39 is 17.8 Å². The summed E-state index contributed by atoms with van der Waals surface area (Å²) in [7, 11) is 1.55. The van der Waals surface area contributed by atoms with Gasteiger partial charge in [0.1, 0.15) is 17.9 Å². The van der Waals surface area contributed by atoms with Crippen molar-refractivity contribution in [1.29, 1.82) is 0 Å². The molecule has 3 aromatic rings. The number of aromatic nitrogens is 2. The highest BCUT2D eigenvalue weighted by Gasteiger charge is 2.40. The van der Waals surface area contributed by atoms with Crippen LogP contribution in [-0.4, -0.2) is 54.9 Å². The van der Waals surface area contributed by atoms with E-state index in [0.29, 0.717) is 60.5 Å². The highest BCUT2D eigenvalue weighted by Crippen LogP contribution is 2.43. The number of carbonyl (C=O) groups excluding carboxylic acids is 1. The highest BCUT2D eigenvalue weighted by molar-refractivity contribution is 6.02. The third-order valence-electron chi connectivity index (χ3n) is 7.62. The Labute approximate surface area is 240 Å². The molecular formula is C29H29F3N6O4. The Morgan fingerprint density at radius 2 is 2.05 bits per heavy atom. The minimum Gasteiger partial charge on any atom is -0.494 e. The van der Waals surface area contributed by atoms with Crippen molar-refractivity contribution >= 4 is 34.6 Å². The summed E-state index contributed by atoms with van der Waals surface area (Å²) in [5.74, 6) is 0.920. The Kier molecular flexibility index (Phi) is 7.37. The van der Waals surface area contributed by atoms with E-state index in [1.807, 2.05) is 6.07 Å². The van der Waals surface area contributed by atoms with Crippen LogP contribution in [0.25, 0.3) is 0 Å². The van der Waals surface area contributed by atoms with Gasteiger partial charge in [-0.1, -0.05) is 18.7 Å². The van der Waals surface area contributed by atoms with E-state index in [1.54, 1.807) is 25.3 Å². The number of anilines is 5. The fraction of sp³-hybridized carbons (Fsp3) is 0.345. The SMILES string of the molecule is C=CC(=O)Nc1cc(Nc2cc(N3OCCC3c3cccc(C(F)(F)F)c3)ncn2)c(OC)cc1N1C[C@H]2C[C@@H]1CO2. The number of benzene rings is 2. The predicted molar refractivity (Wildman–Crippen MR) is 150 cm³/mol. The molecule has 220 valence electrons. The lowest BCUT2D eigenvalue weighted by Gasteiger charge is -2.31.